The Bertz CT molecular complexity index is 867. The van der Waals surface area contributed by atoms with Gasteiger partial charge in [-0.2, -0.15) is 0 Å². The Morgan fingerprint density at radius 3 is 2.70 bits per heavy atom. The first-order chi connectivity index (χ1) is 12.9. The summed E-state index contributed by atoms with van der Waals surface area (Å²) in [6.07, 6.45) is 2.54. The van der Waals surface area contributed by atoms with Gasteiger partial charge >= 0.3 is 0 Å². The number of amides is 1. The smallest absolute Gasteiger partial charge is 0.252 e. The van der Waals surface area contributed by atoms with Crippen LogP contribution in [-0.2, 0) is 14.8 Å². The van der Waals surface area contributed by atoms with Crippen molar-refractivity contribution in [2.45, 2.75) is 35.9 Å². The van der Waals surface area contributed by atoms with Crippen LogP contribution in [0.1, 0.15) is 37.3 Å². The molecule has 3 rings (SSSR count). The van der Waals surface area contributed by atoms with Gasteiger partial charge in [0, 0.05) is 26.6 Å². The third-order valence-electron chi connectivity index (χ3n) is 4.85. The molecule has 1 fully saturated rings. The molecule has 1 aromatic heterocycles. The summed E-state index contributed by atoms with van der Waals surface area (Å²) in [6, 6.07) is 9.56. The van der Waals surface area contributed by atoms with Crippen LogP contribution in [0.2, 0.25) is 0 Å². The average molecular weight is 411 g/mol. The first-order valence-electron chi connectivity index (χ1n) is 8.94. The van der Waals surface area contributed by atoms with Gasteiger partial charge in [-0.25, -0.2) is 17.1 Å². The second-order valence-corrected chi connectivity index (χ2v) is 9.88. The number of benzene rings is 1. The minimum absolute atomic E-state index is 0.0174. The first kappa shape index (κ1) is 20.0. The Balaban J connectivity index is 1.55. The molecule has 2 aromatic rings. The second-order valence-electron chi connectivity index (χ2n) is 6.66. The third kappa shape index (κ3) is 4.56. The van der Waals surface area contributed by atoms with Gasteiger partial charge in [0.05, 0.1) is 6.04 Å². The summed E-state index contributed by atoms with van der Waals surface area (Å²) in [5.41, 5.74) is 0.944. The predicted octanol–water partition coefficient (Wildman–Crippen LogP) is 3.65. The summed E-state index contributed by atoms with van der Waals surface area (Å²) >= 11 is 1.19. The number of carbonyl (C=O) groups excluding carboxylic acids is 1. The highest BCUT2D eigenvalue weighted by atomic mass is 32.2. The van der Waals surface area contributed by atoms with E-state index in [2.05, 4.69) is 0 Å². The van der Waals surface area contributed by atoms with E-state index in [0.29, 0.717) is 30.1 Å². The maximum absolute atomic E-state index is 13.1. The summed E-state index contributed by atoms with van der Waals surface area (Å²) in [6.45, 7) is 0.977. The summed E-state index contributed by atoms with van der Waals surface area (Å²) in [5.74, 6) is -0.270. The fourth-order valence-electron chi connectivity index (χ4n) is 3.38. The molecule has 146 valence electrons. The molecule has 8 heteroatoms. The molecule has 1 aliphatic rings. The van der Waals surface area contributed by atoms with Crippen molar-refractivity contribution in [2.24, 2.45) is 0 Å². The number of hydrogen-bond donors (Lipinski definition) is 0. The molecule has 2 heterocycles. The van der Waals surface area contributed by atoms with Crippen LogP contribution in [0.4, 0.5) is 4.39 Å². The zero-order valence-electron chi connectivity index (χ0n) is 15.2. The molecule has 0 radical (unpaired) electrons. The average Bonchev–Trinajstić information content (AvgIpc) is 3.34. The highest BCUT2D eigenvalue weighted by Gasteiger charge is 2.30. The van der Waals surface area contributed by atoms with Crippen LogP contribution < -0.4 is 0 Å². The lowest BCUT2D eigenvalue weighted by Crippen LogP contribution is -2.32. The largest absolute Gasteiger partial charge is 0.336 e. The highest BCUT2D eigenvalue weighted by Crippen LogP contribution is 2.32. The van der Waals surface area contributed by atoms with Gasteiger partial charge in [0.25, 0.3) is 10.0 Å². The van der Waals surface area contributed by atoms with Crippen molar-refractivity contribution in [3.8, 4) is 0 Å². The number of nitrogens with zero attached hydrogens (tertiary/aromatic N) is 2. The standard InChI is InChI=1S/C19H23FN2O3S2/c1-21(27(24,25)19-7-4-14-26-19)12-3-6-18(23)22-13-2-5-17(22)15-8-10-16(20)11-9-15/h4,7-11,14,17H,2-3,5-6,12-13H2,1H3. The van der Waals surface area contributed by atoms with Crippen LogP contribution in [0.5, 0.6) is 0 Å². The Labute approximate surface area is 163 Å². The van der Waals surface area contributed by atoms with E-state index in [9.17, 15) is 17.6 Å². The van der Waals surface area contributed by atoms with E-state index in [-0.39, 0.29) is 17.8 Å². The first-order valence-corrected chi connectivity index (χ1v) is 11.3. The van der Waals surface area contributed by atoms with E-state index in [0.717, 1.165) is 18.4 Å². The van der Waals surface area contributed by atoms with Gasteiger partial charge in [0.2, 0.25) is 5.91 Å². The lowest BCUT2D eigenvalue weighted by Gasteiger charge is -2.25. The highest BCUT2D eigenvalue weighted by molar-refractivity contribution is 7.91. The quantitative estimate of drug-likeness (QED) is 0.700. The molecule has 1 saturated heterocycles. The molecule has 0 spiro atoms. The van der Waals surface area contributed by atoms with Crippen LogP contribution in [0.25, 0.3) is 0 Å². The van der Waals surface area contributed by atoms with Crippen LogP contribution in [0, 0.1) is 5.82 Å². The van der Waals surface area contributed by atoms with Crippen LogP contribution >= 0.6 is 11.3 Å². The molecule has 0 N–H and O–H groups in total. The number of hydrogen-bond acceptors (Lipinski definition) is 4. The van der Waals surface area contributed by atoms with Crippen LogP contribution in [0.15, 0.2) is 46.0 Å². The zero-order valence-corrected chi connectivity index (χ0v) is 16.8. The molecule has 1 atom stereocenters. The van der Waals surface area contributed by atoms with Gasteiger partial charge in [0.15, 0.2) is 0 Å². The lowest BCUT2D eigenvalue weighted by molar-refractivity contribution is -0.132. The van der Waals surface area contributed by atoms with E-state index in [1.54, 1.807) is 29.6 Å². The van der Waals surface area contributed by atoms with Gasteiger partial charge in [0.1, 0.15) is 10.0 Å². The van der Waals surface area contributed by atoms with E-state index in [4.69, 9.17) is 0 Å². The zero-order chi connectivity index (χ0) is 19.4. The molecule has 0 aliphatic carbocycles. The number of halogens is 1. The van der Waals surface area contributed by atoms with Crippen molar-refractivity contribution in [3.63, 3.8) is 0 Å². The molecular formula is C19H23FN2O3S2. The molecule has 5 nitrogen and oxygen atoms in total. The molecule has 1 unspecified atom stereocenters. The summed E-state index contributed by atoms with van der Waals surface area (Å²) in [7, 11) is -1.94. The Morgan fingerprint density at radius 2 is 2.04 bits per heavy atom. The van der Waals surface area contributed by atoms with Gasteiger partial charge in [-0.1, -0.05) is 18.2 Å². The van der Waals surface area contributed by atoms with Crippen molar-refractivity contribution in [1.29, 1.82) is 0 Å². The fourth-order valence-corrected chi connectivity index (χ4v) is 5.79. The van der Waals surface area contributed by atoms with Crippen molar-refractivity contribution < 1.29 is 17.6 Å². The Morgan fingerprint density at radius 1 is 1.30 bits per heavy atom. The normalized spacial score (nSPS) is 17.6. The monoisotopic (exact) mass is 410 g/mol. The van der Waals surface area contributed by atoms with E-state index >= 15 is 0 Å². The summed E-state index contributed by atoms with van der Waals surface area (Å²) in [4.78, 5) is 14.5. The van der Waals surface area contributed by atoms with Gasteiger partial charge < -0.3 is 4.90 Å². The number of likely N-dealkylation sites (tertiary alicyclic amines) is 1. The maximum atomic E-state index is 13.1. The fraction of sp³-hybridized carbons (Fsp3) is 0.421. The molecule has 1 amide bonds. The van der Waals surface area contributed by atoms with Crippen molar-refractivity contribution in [3.05, 3.63) is 53.2 Å². The topological polar surface area (TPSA) is 57.7 Å². The SMILES string of the molecule is CN(CCCC(=O)N1CCCC1c1ccc(F)cc1)S(=O)(=O)c1cccs1. The van der Waals surface area contributed by atoms with Crippen molar-refractivity contribution in [1.82, 2.24) is 9.21 Å². The maximum Gasteiger partial charge on any atom is 0.252 e. The van der Waals surface area contributed by atoms with E-state index in [1.807, 2.05) is 4.90 Å². The number of carbonyl (C=O) groups is 1. The minimum Gasteiger partial charge on any atom is -0.336 e. The van der Waals surface area contributed by atoms with Gasteiger partial charge in [-0.15, -0.1) is 11.3 Å². The van der Waals surface area contributed by atoms with Crippen LogP contribution in [0.3, 0.4) is 0 Å². The number of thiophene rings is 1. The Kier molecular flexibility index (Phi) is 6.29. The number of rotatable bonds is 7. The van der Waals surface area contributed by atoms with Gasteiger partial charge in [-0.05, 0) is 48.4 Å². The summed E-state index contributed by atoms with van der Waals surface area (Å²) < 4.78 is 39.5. The minimum atomic E-state index is -3.48. The Hall–Kier alpha value is -1.77. The van der Waals surface area contributed by atoms with E-state index < -0.39 is 10.0 Å². The molecule has 1 aliphatic heterocycles. The molecule has 1 aromatic carbocycles. The molecule has 0 bridgehead atoms. The van der Waals surface area contributed by atoms with Crippen molar-refractivity contribution in [2.75, 3.05) is 20.1 Å². The van der Waals surface area contributed by atoms with Crippen molar-refractivity contribution >= 4 is 27.3 Å². The predicted molar refractivity (Wildman–Crippen MR) is 103 cm³/mol. The van der Waals surface area contributed by atoms with E-state index in [1.165, 1.54) is 34.8 Å². The number of sulfonamides is 1. The molecule has 27 heavy (non-hydrogen) atoms. The third-order valence-corrected chi connectivity index (χ3v) is 8.08. The lowest BCUT2D eigenvalue weighted by atomic mass is 10.0. The second kappa shape index (κ2) is 8.50. The van der Waals surface area contributed by atoms with Crippen LogP contribution in [-0.4, -0.2) is 43.7 Å². The molecule has 0 saturated carbocycles. The van der Waals surface area contributed by atoms with Gasteiger partial charge in [-0.3, -0.25) is 4.79 Å². The summed E-state index contributed by atoms with van der Waals surface area (Å²) in [5, 5.41) is 1.73. The molecular weight excluding hydrogens is 387 g/mol.